The van der Waals surface area contributed by atoms with Crippen molar-refractivity contribution < 1.29 is 5.11 Å². The standard InChI is InChI=1S/C16H18O/c1-13-7-5-6-10-15(13)11-16(12-17)14-8-3-2-4-9-14/h2-10,16-17H,11-12H2,1H3. The molecule has 0 radical (unpaired) electrons. The van der Waals surface area contributed by atoms with Crippen LogP contribution in [0.15, 0.2) is 54.6 Å². The fourth-order valence-electron chi connectivity index (χ4n) is 2.12. The minimum absolute atomic E-state index is 0.192. The summed E-state index contributed by atoms with van der Waals surface area (Å²) in [6, 6.07) is 18.6. The molecule has 0 saturated carbocycles. The Bertz CT molecular complexity index is 462. The van der Waals surface area contributed by atoms with E-state index >= 15 is 0 Å². The Morgan fingerprint density at radius 1 is 0.941 bits per heavy atom. The molecule has 1 atom stereocenters. The van der Waals surface area contributed by atoms with E-state index in [-0.39, 0.29) is 12.5 Å². The van der Waals surface area contributed by atoms with Gasteiger partial charge in [-0.25, -0.2) is 0 Å². The Kier molecular flexibility index (Phi) is 3.94. The molecule has 0 heterocycles. The van der Waals surface area contributed by atoms with Crippen LogP contribution in [-0.4, -0.2) is 11.7 Å². The van der Waals surface area contributed by atoms with Crippen LogP contribution in [0.25, 0.3) is 0 Å². The number of rotatable bonds is 4. The zero-order valence-corrected chi connectivity index (χ0v) is 10.1. The third-order valence-electron chi connectivity index (χ3n) is 3.22. The summed E-state index contributed by atoms with van der Waals surface area (Å²) in [5, 5.41) is 9.53. The number of aryl methyl sites for hydroxylation is 1. The molecule has 2 rings (SSSR count). The molecule has 17 heavy (non-hydrogen) atoms. The van der Waals surface area contributed by atoms with Crippen molar-refractivity contribution in [2.24, 2.45) is 0 Å². The molecule has 2 aromatic rings. The van der Waals surface area contributed by atoms with E-state index in [1.54, 1.807) is 0 Å². The second-order valence-electron chi connectivity index (χ2n) is 4.42. The van der Waals surface area contributed by atoms with Gasteiger partial charge >= 0.3 is 0 Å². The molecule has 0 spiro atoms. The Morgan fingerprint density at radius 2 is 1.59 bits per heavy atom. The van der Waals surface area contributed by atoms with Gasteiger partial charge in [-0.15, -0.1) is 0 Å². The number of aliphatic hydroxyl groups is 1. The summed E-state index contributed by atoms with van der Waals surface area (Å²) in [6.07, 6.45) is 0.896. The second kappa shape index (κ2) is 5.65. The molecule has 0 amide bonds. The molecule has 0 aliphatic heterocycles. The van der Waals surface area contributed by atoms with Crippen molar-refractivity contribution in [3.8, 4) is 0 Å². The number of hydrogen-bond acceptors (Lipinski definition) is 1. The van der Waals surface area contributed by atoms with E-state index in [9.17, 15) is 5.11 Å². The van der Waals surface area contributed by atoms with Gasteiger partial charge in [0.15, 0.2) is 0 Å². The number of hydrogen-bond donors (Lipinski definition) is 1. The van der Waals surface area contributed by atoms with Crippen LogP contribution in [0, 0.1) is 6.92 Å². The van der Waals surface area contributed by atoms with E-state index in [1.807, 2.05) is 18.2 Å². The highest BCUT2D eigenvalue weighted by atomic mass is 16.3. The van der Waals surface area contributed by atoms with Crippen LogP contribution < -0.4 is 0 Å². The lowest BCUT2D eigenvalue weighted by molar-refractivity contribution is 0.264. The van der Waals surface area contributed by atoms with Crippen molar-refractivity contribution in [2.45, 2.75) is 19.3 Å². The van der Waals surface area contributed by atoms with Gasteiger partial charge in [-0.2, -0.15) is 0 Å². The maximum atomic E-state index is 9.53. The summed E-state index contributed by atoms with van der Waals surface area (Å²) in [5.74, 6) is 0.192. The van der Waals surface area contributed by atoms with Crippen molar-refractivity contribution in [3.63, 3.8) is 0 Å². The molecule has 0 aromatic heterocycles. The van der Waals surface area contributed by atoms with E-state index in [1.165, 1.54) is 16.7 Å². The van der Waals surface area contributed by atoms with Gasteiger partial charge < -0.3 is 5.11 Å². The Morgan fingerprint density at radius 3 is 2.24 bits per heavy atom. The summed E-state index contributed by atoms with van der Waals surface area (Å²) in [6.45, 7) is 2.31. The van der Waals surface area contributed by atoms with Crippen molar-refractivity contribution in [3.05, 3.63) is 71.3 Å². The van der Waals surface area contributed by atoms with Crippen molar-refractivity contribution >= 4 is 0 Å². The first-order chi connectivity index (χ1) is 8.31. The number of benzene rings is 2. The van der Waals surface area contributed by atoms with E-state index in [0.29, 0.717) is 0 Å². The molecule has 1 N–H and O–H groups in total. The molecular weight excluding hydrogens is 208 g/mol. The highest BCUT2D eigenvalue weighted by Crippen LogP contribution is 2.21. The minimum atomic E-state index is 0.192. The van der Waals surface area contributed by atoms with Gasteiger partial charge in [-0.3, -0.25) is 0 Å². The van der Waals surface area contributed by atoms with E-state index in [2.05, 4.69) is 43.3 Å². The topological polar surface area (TPSA) is 20.2 Å². The van der Waals surface area contributed by atoms with Gasteiger partial charge in [-0.1, -0.05) is 54.6 Å². The molecule has 0 aliphatic carbocycles. The van der Waals surface area contributed by atoms with Crippen molar-refractivity contribution in [2.75, 3.05) is 6.61 Å². The first-order valence-corrected chi connectivity index (χ1v) is 6.01. The summed E-state index contributed by atoms with van der Waals surface area (Å²) >= 11 is 0. The molecule has 0 saturated heterocycles. The summed E-state index contributed by atoms with van der Waals surface area (Å²) in [7, 11) is 0. The van der Waals surface area contributed by atoms with Gasteiger partial charge in [0.25, 0.3) is 0 Å². The molecule has 88 valence electrons. The Labute approximate surface area is 103 Å². The first kappa shape index (κ1) is 11.9. The lowest BCUT2D eigenvalue weighted by Crippen LogP contribution is -2.08. The average molecular weight is 226 g/mol. The fourth-order valence-corrected chi connectivity index (χ4v) is 2.12. The quantitative estimate of drug-likeness (QED) is 0.848. The fraction of sp³-hybridized carbons (Fsp3) is 0.250. The van der Waals surface area contributed by atoms with Crippen LogP contribution >= 0.6 is 0 Å². The van der Waals surface area contributed by atoms with Crippen molar-refractivity contribution in [1.82, 2.24) is 0 Å². The molecule has 1 heteroatoms. The van der Waals surface area contributed by atoms with E-state index in [0.717, 1.165) is 6.42 Å². The summed E-state index contributed by atoms with van der Waals surface area (Å²) in [5.41, 5.74) is 3.82. The summed E-state index contributed by atoms with van der Waals surface area (Å²) < 4.78 is 0. The predicted octanol–water partition coefficient (Wildman–Crippen LogP) is 3.31. The van der Waals surface area contributed by atoms with Crippen LogP contribution in [0.4, 0.5) is 0 Å². The zero-order valence-electron chi connectivity index (χ0n) is 10.1. The maximum absolute atomic E-state index is 9.53. The maximum Gasteiger partial charge on any atom is 0.0502 e. The normalized spacial score (nSPS) is 12.4. The van der Waals surface area contributed by atoms with E-state index in [4.69, 9.17) is 0 Å². The van der Waals surface area contributed by atoms with Crippen molar-refractivity contribution in [1.29, 1.82) is 0 Å². The van der Waals surface area contributed by atoms with Crippen LogP contribution in [-0.2, 0) is 6.42 Å². The molecule has 1 nitrogen and oxygen atoms in total. The van der Waals surface area contributed by atoms with Crippen LogP contribution in [0.3, 0.4) is 0 Å². The highest BCUT2D eigenvalue weighted by Gasteiger charge is 2.11. The van der Waals surface area contributed by atoms with Gasteiger partial charge in [0.1, 0.15) is 0 Å². The molecule has 2 aromatic carbocycles. The van der Waals surface area contributed by atoms with Gasteiger partial charge in [0, 0.05) is 5.92 Å². The monoisotopic (exact) mass is 226 g/mol. The lowest BCUT2D eigenvalue weighted by Gasteiger charge is -2.16. The smallest absolute Gasteiger partial charge is 0.0502 e. The minimum Gasteiger partial charge on any atom is -0.396 e. The van der Waals surface area contributed by atoms with Crippen LogP contribution in [0.1, 0.15) is 22.6 Å². The van der Waals surface area contributed by atoms with E-state index < -0.39 is 0 Å². The Balaban J connectivity index is 2.19. The molecule has 1 unspecified atom stereocenters. The van der Waals surface area contributed by atoms with Gasteiger partial charge in [0.05, 0.1) is 6.61 Å². The van der Waals surface area contributed by atoms with Gasteiger partial charge in [0.2, 0.25) is 0 Å². The first-order valence-electron chi connectivity index (χ1n) is 6.01. The van der Waals surface area contributed by atoms with Crippen LogP contribution in [0.2, 0.25) is 0 Å². The third-order valence-corrected chi connectivity index (χ3v) is 3.22. The molecule has 0 aliphatic rings. The summed E-state index contributed by atoms with van der Waals surface area (Å²) in [4.78, 5) is 0. The highest BCUT2D eigenvalue weighted by molar-refractivity contribution is 5.29. The average Bonchev–Trinajstić information content (AvgIpc) is 2.39. The Hall–Kier alpha value is -1.60. The molecular formula is C16H18O. The SMILES string of the molecule is Cc1ccccc1CC(CO)c1ccccc1. The number of aliphatic hydroxyl groups excluding tert-OH is 1. The third kappa shape index (κ3) is 2.95. The molecule has 0 bridgehead atoms. The lowest BCUT2D eigenvalue weighted by atomic mass is 9.91. The largest absolute Gasteiger partial charge is 0.396 e. The van der Waals surface area contributed by atoms with Gasteiger partial charge in [-0.05, 0) is 30.0 Å². The molecule has 0 fully saturated rings. The zero-order chi connectivity index (χ0) is 12.1. The predicted molar refractivity (Wildman–Crippen MR) is 71.2 cm³/mol. The second-order valence-corrected chi connectivity index (χ2v) is 4.42. The van der Waals surface area contributed by atoms with Crippen LogP contribution in [0.5, 0.6) is 0 Å².